The van der Waals surface area contributed by atoms with Crippen LogP contribution in [0.25, 0.3) is 0 Å². The quantitative estimate of drug-likeness (QED) is 0.557. The van der Waals surface area contributed by atoms with Crippen molar-refractivity contribution in [3.05, 3.63) is 0 Å². The number of hydrogen-bond acceptors (Lipinski definition) is 2. The average Bonchev–Trinajstić information content (AvgIpc) is 2.14. The van der Waals surface area contributed by atoms with Gasteiger partial charge in [0.15, 0.2) is 0 Å². The summed E-state index contributed by atoms with van der Waals surface area (Å²) in [6, 6.07) is 0. The highest BCUT2D eigenvalue weighted by Crippen LogP contribution is 2.15. The lowest BCUT2D eigenvalue weighted by atomic mass is 10.4. The molecule has 1 fully saturated rings. The van der Waals surface area contributed by atoms with E-state index >= 15 is 0 Å². The van der Waals surface area contributed by atoms with Gasteiger partial charge >= 0.3 is 0 Å². The van der Waals surface area contributed by atoms with Gasteiger partial charge in [0.25, 0.3) is 0 Å². The third-order valence-corrected chi connectivity index (χ3v) is 2.90. The Morgan fingerprint density at radius 3 is 2.88 bits per heavy atom. The second-order valence-electron chi connectivity index (χ2n) is 1.80. The molecule has 0 amide bonds. The smallest absolute Gasteiger partial charge is 0.0885 e. The molecular formula is C5H9NS2. The average molecular weight is 147 g/mol. The molecule has 1 aliphatic heterocycles. The van der Waals surface area contributed by atoms with Gasteiger partial charge in [-0.3, -0.25) is 0 Å². The summed E-state index contributed by atoms with van der Waals surface area (Å²) in [5, 5.41) is 3.73. The highest BCUT2D eigenvalue weighted by molar-refractivity contribution is 8.01. The molecule has 8 heavy (non-hydrogen) atoms. The summed E-state index contributed by atoms with van der Waals surface area (Å²) in [6.07, 6.45) is 3.31. The van der Waals surface area contributed by atoms with Crippen LogP contribution >= 0.6 is 24.0 Å². The van der Waals surface area contributed by atoms with Gasteiger partial charge in [-0.2, -0.15) is 11.8 Å². The highest BCUT2D eigenvalue weighted by atomic mass is 32.2. The van der Waals surface area contributed by atoms with Gasteiger partial charge in [-0.1, -0.05) is 12.2 Å². The van der Waals surface area contributed by atoms with E-state index in [4.69, 9.17) is 12.2 Å². The second kappa shape index (κ2) is 2.69. The Morgan fingerprint density at radius 2 is 2.62 bits per heavy atom. The fourth-order valence-electron chi connectivity index (χ4n) is 0.796. The zero-order chi connectivity index (χ0) is 5.98. The Balaban J connectivity index is 2.42. The Hall–Kier alpha value is 0.240. The Kier molecular flexibility index (Phi) is 2.14. The summed E-state index contributed by atoms with van der Waals surface area (Å²) >= 11 is 6.84. The van der Waals surface area contributed by atoms with Crippen molar-refractivity contribution >= 4 is 29.0 Å². The number of thioether (sulfide) groups is 1. The molecule has 0 saturated carbocycles. The molecule has 0 radical (unpaired) electrons. The molecule has 0 spiro atoms. The first-order valence-corrected chi connectivity index (χ1v) is 4.34. The van der Waals surface area contributed by atoms with E-state index in [0.29, 0.717) is 5.25 Å². The zero-order valence-electron chi connectivity index (χ0n) is 4.81. The standard InChI is InChI=1S/C5H9NS2/c1-8-4-2-3-6-5(4)7/h4H,2-3H2,1H3,(H,6,7). The molecule has 1 N–H and O–H groups in total. The van der Waals surface area contributed by atoms with E-state index in [1.54, 1.807) is 0 Å². The highest BCUT2D eigenvalue weighted by Gasteiger charge is 2.17. The number of rotatable bonds is 1. The minimum Gasteiger partial charge on any atom is -0.379 e. The summed E-state index contributed by atoms with van der Waals surface area (Å²) in [4.78, 5) is 1.04. The molecule has 1 aliphatic rings. The summed E-state index contributed by atoms with van der Waals surface area (Å²) < 4.78 is 0. The molecule has 1 heterocycles. The first-order chi connectivity index (χ1) is 3.84. The molecule has 1 rings (SSSR count). The van der Waals surface area contributed by atoms with Crippen molar-refractivity contribution in [1.82, 2.24) is 5.32 Å². The van der Waals surface area contributed by atoms with Gasteiger partial charge in [0.05, 0.1) is 10.2 Å². The van der Waals surface area contributed by atoms with Crippen LogP contribution in [0.4, 0.5) is 0 Å². The van der Waals surface area contributed by atoms with E-state index in [1.165, 1.54) is 6.42 Å². The van der Waals surface area contributed by atoms with Crippen LogP contribution in [-0.2, 0) is 0 Å². The molecule has 3 heteroatoms. The molecule has 0 aromatic heterocycles. The second-order valence-corrected chi connectivity index (χ2v) is 3.28. The minimum absolute atomic E-state index is 0.602. The van der Waals surface area contributed by atoms with Crippen molar-refractivity contribution in [1.29, 1.82) is 0 Å². The van der Waals surface area contributed by atoms with Crippen LogP contribution in [0.5, 0.6) is 0 Å². The molecule has 1 nitrogen and oxygen atoms in total. The van der Waals surface area contributed by atoms with Gasteiger partial charge in [-0.05, 0) is 12.7 Å². The van der Waals surface area contributed by atoms with Crippen LogP contribution < -0.4 is 5.32 Å². The minimum atomic E-state index is 0.602. The van der Waals surface area contributed by atoms with Crippen molar-refractivity contribution in [3.8, 4) is 0 Å². The fourth-order valence-corrected chi connectivity index (χ4v) is 1.96. The van der Waals surface area contributed by atoms with Crippen molar-refractivity contribution < 1.29 is 0 Å². The first-order valence-electron chi connectivity index (χ1n) is 2.65. The predicted octanol–water partition coefficient (Wildman–Crippen LogP) is 1.04. The van der Waals surface area contributed by atoms with Crippen LogP contribution in [0, 0.1) is 0 Å². The van der Waals surface area contributed by atoms with Gasteiger partial charge in [0.1, 0.15) is 0 Å². The van der Waals surface area contributed by atoms with Gasteiger partial charge in [-0.15, -0.1) is 0 Å². The predicted molar refractivity (Wildman–Crippen MR) is 42.5 cm³/mol. The lowest BCUT2D eigenvalue weighted by Crippen LogP contribution is -2.17. The van der Waals surface area contributed by atoms with Gasteiger partial charge in [-0.25, -0.2) is 0 Å². The number of hydrogen-bond donors (Lipinski definition) is 1. The molecular weight excluding hydrogens is 138 g/mol. The van der Waals surface area contributed by atoms with Crippen LogP contribution in [-0.4, -0.2) is 23.0 Å². The summed E-state index contributed by atoms with van der Waals surface area (Å²) in [5.41, 5.74) is 0. The third kappa shape index (κ3) is 1.14. The molecule has 1 atom stereocenters. The maximum absolute atomic E-state index is 5.01. The van der Waals surface area contributed by atoms with Crippen LogP contribution in [0.1, 0.15) is 6.42 Å². The van der Waals surface area contributed by atoms with Crippen LogP contribution in [0.15, 0.2) is 0 Å². The van der Waals surface area contributed by atoms with E-state index in [9.17, 15) is 0 Å². The Bertz CT molecular complexity index is 103. The Labute approximate surface area is 59.2 Å². The van der Waals surface area contributed by atoms with E-state index in [-0.39, 0.29) is 0 Å². The molecule has 0 aliphatic carbocycles. The van der Waals surface area contributed by atoms with E-state index in [2.05, 4.69) is 11.6 Å². The lowest BCUT2D eigenvalue weighted by Gasteiger charge is -2.00. The van der Waals surface area contributed by atoms with Gasteiger partial charge < -0.3 is 5.32 Å². The largest absolute Gasteiger partial charge is 0.379 e. The topological polar surface area (TPSA) is 12.0 Å². The maximum atomic E-state index is 5.01. The van der Waals surface area contributed by atoms with Crippen molar-refractivity contribution in [2.75, 3.05) is 12.8 Å². The fraction of sp³-hybridized carbons (Fsp3) is 0.800. The lowest BCUT2D eigenvalue weighted by molar-refractivity contribution is 0.919. The maximum Gasteiger partial charge on any atom is 0.0885 e. The number of thiocarbonyl (C=S) groups is 1. The van der Waals surface area contributed by atoms with Gasteiger partial charge in [0.2, 0.25) is 0 Å². The molecule has 0 aromatic rings. The Morgan fingerprint density at radius 1 is 1.88 bits per heavy atom. The third-order valence-electron chi connectivity index (χ3n) is 1.28. The summed E-state index contributed by atoms with van der Waals surface area (Å²) in [5.74, 6) is 0. The monoisotopic (exact) mass is 147 g/mol. The molecule has 1 saturated heterocycles. The zero-order valence-corrected chi connectivity index (χ0v) is 6.44. The summed E-state index contributed by atoms with van der Waals surface area (Å²) in [6.45, 7) is 1.07. The van der Waals surface area contributed by atoms with Crippen molar-refractivity contribution in [3.63, 3.8) is 0 Å². The number of nitrogens with one attached hydrogen (secondary N) is 1. The van der Waals surface area contributed by atoms with E-state index < -0.39 is 0 Å². The molecule has 1 unspecified atom stereocenters. The molecule has 0 aromatic carbocycles. The van der Waals surface area contributed by atoms with Gasteiger partial charge in [0, 0.05) is 6.54 Å². The van der Waals surface area contributed by atoms with Crippen LogP contribution in [0.3, 0.4) is 0 Å². The van der Waals surface area contributed by atoms with E-state index in [0.717, 1.165) is 11.5 Å². The van der Waals surface area contributed by atoms with E-state index in [1.807, 2.05) is 11.8 Å². The van der Waals surface area contributed by atoms with Crippen LogP contribution in [0.2, 0.25) is 0 Å². The summed E-state index contributed by atoms with van der Waals surface area (Å²) in [7, 11) is 0. The first kappa shape index (κ1) is 6.36. The van der Waals surface area contributed by atoms with Crippen molar-refractivity contribution in [2.24, 2.45) is 0 Å². The normalized spacial score (nSPS) is 28.1. The molecule has 0 bridgehead atoms. The molecule has 46 valence electrons. The SMILES string of the molecule is CSC1CCNC1=S. The van der Waals surface area contributed by atoms with Crippen molar-refractivity contribution in [2.45, 2.75) is 11.7 Å².